The van der Waals surface area contributed by atoms with Crippen LogP contribution in [0.5, 0.6) is 5.75 Å². The van der Waals surface area contributed by atoms with Crippen LogP contribution in [0.25, 0.3) is 0 Å². The number of amides is 2. The number of carbonyl (C=O) groups is 3. The molecule has 0 atom stereocenters. The van der Waals surface area contributed by atoms with Gasteiger partial charge in [0.1, 0.15) is 5.75 Å². The summed E-state index contributed by atoms with van der Waals surface area (Å²) in [6.07, 6.45) is 1.34. The molecule has 3 aromatic carbocycles. The van der Waals surface area contributed by atoms with Gasteiger partial charge in [-0.3, -0.25) is 9.59 Å². The number of nitrogens with zero attached hydrogens (tertiary/aromatic N) is 1. The molecule has 2 amide bonds. The highest BCUT2D eigenvalue weighted by molar-refractivity contribution is 9.10. The maximum Gasteiger partial charge on any atom is 0.343 e. The fourth-order valence-electron chi connectivity index (χ4n) is 2.76. The van der Waals surface area contributed by atoms with Crippen molar-refractivity contribution in [2.75, 3.05) is 6.54 Å². The summed E-state index contributed by atoms with van der Waals surface area (Å²) < 4.78 is 6.23. The molecule has 0 unspecified atom stereocenters. The molecule has 3 aromatic rings. The van der Waals surface area contributed by atoms with E-state index in [9.17, 15) is 14.4 Å². The molecule has 0 aliphatic rings. The second-order valence-corrected chi connectivity index (χ2v) is 8.78. The van der Waals surface area contributed by atoms with E-state index in [0.29, 0.717) is 16.1 Å². The molecule has 0 saturated carbocycles. The molecule has 0 saturated heterocycles. The summed E-state index contributed by atoms with van der Waals surface area (Å²) in [5.41, 5.74) is 4.37. The summed E-state index contributed by atoms with van der Waals surface area (Å²) in [5.74, 6) is -1.30. The second kappa shape index (κ2) is 11.8. The lowest BCUT2D eigenvalue weighted by molar-refractivity contribution is -0.120. The van der Waals surface area contributed by atoms with Crippen molar-refractivity contribution < 1.29 is 19.1 Å². The molecular formula is C24H18BrCl2N3O4. The molecule has 7 nitrogen and oxygen atoms in total. The first-order chi connectivity index (χ1) is 16.2. The molecule has 0 aromatic heterocycles. The van der Waals surface area contributed by atoms with E-state index < -0.39 is 17.8 Å². The van der Waals surface area contributed by atoms with E-state index in [4.69, 9.17) is 27.9 Å². The Labute approximate surface area is 214 Å². The Morgan fingerprint density at radius 2 is 1.79 bits per heavy atom. The molecular weight excluding hydrogens is 545 g/mol. The van der Waals surface area contributed by atoms with Gasteiger partial charge in [0.05, 0.1) is 28.4 Å². The Morgan fingerprint density at radius 3 is 2.53 bits per heavy atom. The number of rotatable bonds is 7. The minimum Gasteiger partial charge on any atom is -0.422 e. The van der Waals surface area contributed by atoms with Crippen molar-refractivity contribution in [1.82, 2.24) is 10.7 Å². The van der Waals surface area contributed by atoms with Crippen molar-refractivity contribution in [3.63, 3.8) is 0 Å². The zero-order valence-electron chi connectivity index (χ0n) is 17.8. The second-order valence-electron chi connectivity index (χ2n) is 7.05. The highest BCUT2D eigenvalue weighted by Gasteiger charge is 2.12. The van der Waals surface area contributed by atoms with Gasteiger partial charge < -0.3 is 10.1 Å². The Balaban J connectivity index is 1.59. The Bertz CT molecular complexity index is 1280. The van der Waals surface area contributed by atoms with Gasteiger partial charge in [0.15, 0.2) is 0 Å². The quantitative estimate of drug-likeness (QED) is 0.180. The number of nitrogens with one attached hydrogen (secondary N) is 2. The molecule has 174 valence electrons. The third-order valence-electron chi connectivity index (χ3n) is 4.41. The molecule has 0 heterocycles. The number of benzene rings is 3. The lowest BCUT2D eigenvalue weighted by atomic mass is 10.1. The smallest absolute Gasteiger partial charge is 0.343 e. The van der Waals surface area contributed by atoms with Crippen LogP contribution in [0, 0.1) is 6.92 Å². The highest BCUT2D eigenvalue weighted by atomic mass is 79.9. The lowest BCUT2D eigenvalue weighted by Crippen LogP contribution is -2.34. The average molecular weight is 563 g/mol. The standard InChI is InChI=1S/C24H18BrCl2N3O4/c1-14-3-2-4-16(9-14)24(33)34-21-8-6-18(25)10-17(21)12-29-30-22(31)13-28-23(32)15-5-7-19(26)20(27)11-15/h2-12H,13H2,1H3,(H,28,32)(H,30,31). The molecule has 0 spiro atoms. The molecule has 0 radical (unpaired) electrons. The molecule has 34 heavy (non-hydrogen) atoms. The predicted molar refractivity (Wildman–Crippen MR) is 135 cm³/mol. The minimum absolute atomic E-state index is 0.233. The monoisotopic (exact) mass is 561 g/mol. The first-order valence-corrected chi connectivity index (χ1v) is 11.4. The van der Waals surface area contributed by atoms with E-state index in [1.807, 2.05) is 13.0 Å². The van der Waals surface area contributed by atoms with Crippen molar-refractivity contribution in [1.29, 1.82) is 0 Å². The summed E-state index contributed by atoms with van der Waals surface area (Å²) in [5, 5.41) is 6.90. The van der Waals surface area contributed by atoms with E-state index in [1.54, 1.807) is 36.4 Å². The zero-order valence-corrected chi connectivity index (χ0v) is 20.9. The van der Waals surface area contributed by atoms with E-state index in [2.05, 4.69) is 31.8 Å². The Kier molecular flexibility index (Phi) is 8.81. The van der Waals surface area contributed by atoms with Crippen LogP contribution in [0.4, 0.5) is 0 Å². The number of hydrogen-bond donors (Lipinski definition) is 2. The van der Waals surface area contributed by atoms with Crippen LogP contribution in [-0.2, 0) is 4.79 Å². The van der Waals surface area contributed by atoms with Crippen LogP contribution in [0.1, 0.15) is 31.8 Å². The average Bonchev–Trinajstić information content (AvgIpc) is 2.81. The fraction of sp³-hybridized carbons (Fsp3) is 0.0833. The lowest BCUT2D eigenvalue weighted by Gasteiger charge is -2.09. The number of carbonyl (C=O) groups excluding carboxylic acids is 3. The normalized spacial score (nSPS) is 10.7. The fourth-order valence-corrected chi connectivity index (χ4v) is 3.43. The number of halogens is 3. The van der Waals surface area contributed by atoms with Crippen LogP contribution in [0.3, 0.4) is 0 Å². The number of aryl methyl sites for hydroxylation is 1. The van der Waals surface area contributed by atoms with Gasteiger partial charge in [-0.2, -0.15) is 5.10 Å². The van der Waals surface area contributed by atoms with Gasteiger partial charge in [-0.15, -0.1) is 0 Å². The maximum absolute atomic E-state index is 12.5. The summed E-state index contributed by atoms with van der Waals surface area (Å²) in [4.78, 5) is 36.7. The molecule has 0 fully saturated rings. The van der Waals surface area contributed by atoms with Crippen molar-refractivity contribution in [2.24, 2.45) is 5.10 Å². The largest absolute Gasteiger partial charge is 0.422 e. The maximum atomic E-state index is 12.5. The van der Waals surface area contributed by atoms with Crippen LogP contribution in [0.15, 0.2) is 70.2 Å². The van der Waals surface area contributed by atoms with Gasteiger partial charge in [0.2, 0.25) is 0 Å². The molecule has 0 aliphatic heterocycles. The van der Waals surface area contributed by atoms with E-state index in [-0.39, 0.29) is 22.9 Å². The van der Waals surface area contributed by atoms with E-state index in [1.165, 1.54) is 24.4 Å². The number of ether oxygens (including phenoxy) is 1. The highest BCUT2D eigenvalue weighted by Crippen LogP contribution is 2.23. The van der Waals surface area contributed by atoms with Crippen molar-refractivity contribution in [3.8, 4) is 5.75 Å². The van der Waals surface area contributed by atoms with Gasteiger partial charge in [-0.05, 0) is 55.5 Å². The zero-order chi connectivity index (χ0) is 24.7. The van der Waals surface area contributed by atoms with Crippen LogP contribution >= 0.6 is 39.1 Å². The summed E-state index contributed by atoms with van der Waals surface area (Å²) in [6.45, 7) is 1.56. The minimum atomic E-state index is -0.557. The van der Waals surface area contributed by atoms with Crippen LogP contribution in [-0.4, -0.2) is 30.5 Å². The van der Waals surface area contributed by atoms with Crippen molar-refractivity contribution in [2.45, 2.75) is 6.92 Å². The first kappa shape index (κ1) is 25.4. The molecule has 3 rings (SSSR count). The first-order valence-electron chi connectivity index (χ1n) is 9.86. The predicted octanol–water partition coefficient (Wildman–Crippen LogP) is 5.16. The molecule has 0 aliphatic carbocycles. The van der Waals surface area contributed by atoms with Crippen LogP contribution < -0.4 is 15.5 Å². The molecule has 10 heteroatoms. The number of hydrazone groups is 1. The van der Waals surface area contributed by atoms with Crippen LogP contribution in [0.2, 0.25) is 10.0 Å². The van der Waals surface area contributed by atoms with Crippen molar-refractivity contribution >= 4 is 63.1 Å². The summed E-state index contributed by atoms with van der Waals surface area (Å²) >= 11 is 15.1. The topological polar surface area (TPSA) is 96.9 Å². The van der Waals surface area contributed by atoms with Gasteiger partial charge in [-0.1, -0.05) is 56.8 Å². The van der Waals surface area contributed by atoms with E-state index in [0.717, 1.165) is 10.0 Å². The molecule has 0 bridgehead atoms. The third-order valence-corrected chi connectivity index (χ3v) is 5.64. The summed E-state index contributed by atoms with van der Waals surface area (Å²) in [7, 11) is 0. The third kappa shape index (κ3) is 7.15. The van der Waals surface area contributed by atoms with Gasteiger partial charge >= 0.3 is 5.97 Å². The van der Waals surface area contributed by atoms with Gasteiger partial charge in [0, 0.05) is 15.6 Å². The Hall–Kier alpha value is -3.20. The number of esters is 1. The van der Waals surface area contributed by atoms with Gasteiger partial charge in [0.25, 0.3) is 11.8 Å². The van der Waals surface area contributed by atoms with Gasteiger partial charge in [-0.25, -0.2) is 10.2 Å². The molecule has 2 N–H and O–H groups in total. The van der Waals surface area contributed by atoms with Crippen molar-refractivity contribution in [3.05, 3.63) is 97.4 Å². The van der Waals surface area contributed by atoms with E-state index >= 15 is 0 Å². The SMILES string of the molecule is Cc1cccc(C(=O)Oc2ccc(Br)cc2C=NNC(=O)CNC(=O)c2ccc(Cl)c(Cl)c2)c1. The summed E-state index contributed by atoms with van der Waals surface area (Å²) in [6, 6.07) is 16.4. The Morgan fingerprint density at radius 1 is 1.00 bits per heavy atom. The number of hydrogen-bond acceptors (Lipinski definition) is 5.